The van der Waals surface area contributed by atoms with Crippen molar-refractivity contribution >= 4 is 24.0 Å². The van der Waals surface area contributed by atoms with Gasteiger partial charge >= 0.3 is 0 Å². The summed E-state index contributed by atoms with van der Waals surface area (Å²) in [7, 11) is 0. The highest BCUT2D eigenvalue weighted by Gasteiger charge is 2.21. The van der Waals surface area contributed by atoms with Gasteiger partial charge in [-0.3, -0.25) is 9.69 Å². The SMILES string of the molecule is CCCN1CCN(C(=O)c2ccc(N)cc2)CC1.Cl.O. The van der Waals surface area contributed by atoms with E-state index in [1.165, 1.54) is 6.42 Å². The molecule has 0 saturated carbocycles. The first-order chi connectivity index (χ1) is 8.70. The Morgan fingerprint density at radius 3 is 2.20 bits per heavy atom. The van der Waals surface area contributed by atoms with Gasteiger partial charge in [0.15, 0.2) is 0 Å². The van der Waals surface area contributed by atoms with E-state index in [2.05, 4.69) is 11.8 Å². The molecule has 0 aliphatic carbocycles. The van der Waals surface area contributed by atoms with E-state index < -0.39 is 0 Å². The zero-order valence-electron chi connectivity index (χ0n) is 11.8. The van der Waals surface area contributed by atoms with Crippen LogP contribution in [-0.2, 0) is 0 Å². The summed E-state index contributed by atoms with van der Waals surface area (Å²) in [5.74, 6) is 0.117. The lowest BCUT2D eigenvalue weighted by Crippen LogP contribution is -2.48. The van der Waals surface area contributed by atoms with Gasteiger partial charge in [0.05, 0.1) is 0 Å². The minimum absolute atomic E-state index is 0. The van der Waals surface area contributed by atoms with Crippen LogP contribution >= 0.6 is 12.4 Å². The number of benzene rings is 1. The van der Waals surface area contributed by atoms with E-state index in [-0.39, 0.29) is 23.8 Å². The third-order valence-electron chi connectivity index (χ3n) is 3.36. The van der Waals surface area contributed by atoms with Crippen LogP contribution in [0.5, 0.6) is 0 Å². The molecule has 114 valence electrons. The first kappa shape index (κ1) is 18.7. The van der Waals surface area contributed by atoms with Crippen molar-refractivity contribution in [2.24, 2.45) is 0 Å². The van der Waals surface area contributed by atoms with Gasteiger partial charge in [0.2, 0.25) is 0 Å². The molecule has 1 heterocycles. The number of anilines is 1. The summed E-state index contributed by atoms with van der Waals surface area (Å²) >= 11 is 0. The third-order valence-corrected chi connectivity index (χ3v) is 3.36. The van der Waals surface area contributed by atoms with Crippen LogP contribution in [0.25, 0.3) is 0 Å². The van der Waals surface area contributed by atoms with Crippen molar-refractivity contribution in [2.75, 3.05) is 38.5 Å². The molecule has 6 heteroatoms. The monoisotopic (exact) mass is 301 g/mol. The molecule has 20 heavy (non-hydrogen) atoms. The molecule has 0 atom stereocenters. The van der Waals surface area contributed by atoms with Crippen LogP contribution < -0.4 is 5.73 Å². The summed E-state index contributed by atoms with van der Waals surface area (Å²) in [5, 5.41) is 0. The van der Waals surface area contributed by atoms with Crippen molar-refractivity contribution in [3.63, 3.8) is 0 Å². The Hall–Kier alpha value is -1.30. The second-order valence-corrected chi connectivity index (χ2v) is 4.76. The van der Waals surface area contributed by atoms with Crippen molar-refractivity contribution in [3.8, 4) is 0 Å². The molecule has 1 saturated heterocycles. The summed E-state index contributed by atoms with van der Waals surface area (Å²) in [5.41, 5.74) is 7.05. The zero-order chi connectivity index (χ0) is 13.0. The molecule has 4 N–H and O–H groups in total. The summed E-state index contributed by atoms with van der Waals surface area (Å²) in [4.78, 5) is 16.6. The van der Waals surface area contributed by atoms with Gasteiger partial charge in [0, 0.05) is 37.4 Å². The maximum Gasteiger partial charge on any atom is 0.253 e. The van der Waals surface area contributed by atoms with Crippen LogP contribution in [0.2, 0.25) is 0 Å². The van der Waals surface area contributed by atoms with Crippen molar-refractivity contribution in [1.82, 2.24) is 9.80 Å². The number of amides is 1. The Morgan fingerprint density at radius 2 is 1.70 bits per heavy atom. The van der Waals surface area contributed by atoms with Crippen LogP contribution in [0.1, 0.15) is 23.7 Å². The van der Waals surface area contributed by atoms with E-state index in [0.717, 1.165) is 38.3 Å². The molecule has 5 nitrogen and oxygen atoms in total. The molecule has 1 aromatic rings. The fraction of sp³-hybridized carbons (Fsp3) is 0.500. The average molecular weight is 302 g/mol. The Balaban J connectivity index is 0.00000180. The fourth-order valence-electron chi connectivity index (χ4n) is 2.30. The van der Waals surface area contributed by atoms with Gasteiger partial charge in [-0.25, -0.2) is 0 Å². The van der Waals surface area contributed by atoms with Crippen LogP contribution in [0.3, 0.4) is 0 Å². The predicted octanol–water partition coefficient (Wildman–Crippen LogP) is 1.03. The smallest absolute Gasteiger partial charge is 0.253 e. The molecule has 0 aromatic heterocycles. The fourth-order valence-corrected chi connectivity index (χ4v) is 2.30. The number of halogens is 1. The molecule has 1 aliphatic heterocycles. The molecule has 0 radical (unpaired) electrons. The maximum atomic E-state index is 12.2. The lowest BCUT2D eigenvalue weighted by Gasteiger charge is -2.34. The highest BCUT2D eigenvalue weighted by Crippen LogP contribution is 2.11. The molecular weight excluding hydrogens is 278 g/mol. The Bertz CT molecular complexity index is 403. The number of hydrogen-bond acceptors (Lipinski definition) is 3. The maximum absolute atomic E-state index is 12.2. The van der Waals surface area contributed by atoms with E-state index >= 15 is 0 Å². The quantitative estimate of drug-likeness (QED) is 0.847. The van der Waals surface area contributed by atoms with Gasteiger partial charge in [-0.1, -0.05) is 6.92 Å². The van der Waals surface area contributed by atoms with Crippen LogP contribution in [0.4, 0.5) is 5.69 Å². The van der Waals surface area contributed by atoms with E-state index in [4.69, 9.17) is 5.73 Å². The lowest BCUT2D eigenvalue weighted by molar-refractivity contribution is 0.0637. The molecular formula is C14H24ClN3O2. The number of piperazine rings is 1. The number of hydrogen-bond donors (Lipinski definition) is 1. The molecule has 1 fully saturated rings. The minimum Gasteiger partial charge on any atom is -0.412 e. The van der Waals surface area contributed by atoms with Gasteiger partial charge in [0.25, 0.3) is 5.91 Å². The number of nitrogens with two attached hydrogens (primary N) is 1. The van der Waals surface area contributed by atoms with Crippen molar-refractivity contribution in [2.45, 2.75) is 13.3 Å². The third kappa shape index (κ3) is 4.67. The number of carbonyl (C=O) groups is 1. The lowest BCUT2D eigenvalue weighted by atomic mass is 10.1. The molecule has 0 spiro atoms. The number of nitrogens with zero attached hydrogens (tertiary/aromatic N) is 2. The van der Waals surface area contributed by atoms with Crippen molar-refractivity contribution < 1.29 is 10.3 Å². The molecule has 1 aliphatic rings. The molecule has 0 bridgehead atoms. The Kier molecular flexibility index (Phi) is 8.22. The van der Waals surface area contributed by atoms with Crippen LogP contribution in [-0.4, -0.2) is 53.9 Å². The average Bonchev–Trinajstić information content (AvgIpc) is 2.40. The first-order valence-electron chi connectivity index (χ1n) is 6.58. The Labute approximate surface area is 126 Å². The van der Waals surface area contributed by atoms with E-state index in [9.17, 15) is 4.79 Å². The van der Waals surface area contributed by atoms with Gasteiger partial charge in [-0.15, -0.1) is 12.4 Å². The summed E-state index contributed by atoms with van der Waals surface area (Å²) in [6.45, 7) is 6.92. The summed E-state index contributed by atoms with van der Waals surface area (Å²) in [6, 6.07) is 7.16. The van der Waals surface area contributed by atoms with E-state index in [1.807, 2.05) is 4.90 Å². The topological polar surface area (TPSA) is 81.1 Å². The highest BCUT2D eigenvalue weighted by atomic mass is 35.5. The molecule has 1 aromatic carbocycles. The molecule has 2 rings (SSSR count). The van der Waals surface area contributed by atoms with Gasteiger partial charge in [-0.2, -0.15) is 0 Å². The second kappa shape index (κ2) is 8.79. The van der Waals surface area contributed by atoms with E-state index in [1.54, 1.807) is 24.3 Å². The Morgan fingerprint density at radius 1 is 1.15 bits per heavy atom. The van der Waals surface area contributed by atoms with Crippen molar-refractivity contribution in [3.05, 3.63) is 29.8 Å². The number of nitrogen functional groups attached to an aromatic ring is 1. The van der Waals surface area contributed by atoms with Gasteiger partial charge < -0.3 is 16.1 Å². The van der Waals surface area contributed by atoms with Crippen molar-refractivity contribution in [1.29, 1.82) is 0 Å². The normalized spacial score (nSPS) is 15.2. The predicted molar refractivity (Wildman–Crippen MR) is 84.4 cm³/mol. The number of carbonyl (C=O) groups excluding carboxylic acids is 1. The summed E-state index contributed by atoms with van der Waals surface area (Å²) in [6.07, 6.45) is 1.17. The standard InChI is InChI=1S/C14H21N3O.ClH.H2O/c1-2-7-16-8-10-17(11-9-16)14(18)12-3-5-13(15)6-4-12;;/h3-6H,2,7-11,15H2,1H3;1H;1H2. The number of rotatable bonds is 3. The first-order valence-corrected chi connectivity index (χ1v) is 6.58. The highest BCUT2D eigenvalue weighted by molar-refractivity contribution is 5.94. The van der Waals surface area contributed by atoms with Gasteiger partial charge in [0.1, 0.15) is 0 Å². The zero-order valence-corrected chi connectivity index (χ0v) is 12.7. The van der Waals surface area contributed by atoms with Crippen LogP contribution in [0, 0.1) is 0 Å². The van der Waals surface area contributed by atoms with Gasteiger partial charge in [-0.05, 0) is 37.2 Å². The molecule has 1 amide bonds. The van der Waals surface area contributed by atoms with Crippen LogP contribution in [0.15, 0.2) is 24.3 Å². The van der Waals surface area contributed by atoms with E-state index in [0.29, 0.717) is 5.69 Å². The minimum atomic E-state index is 0. The summed E-state index contributed by atoms with van der Waals surface area (Å²) < 4.78 is 0. The largest absolute Gasteiger partial charge is 0.412 e. The molecule has 0 unspecified atom stereocenters. The second-order valence-electron chi connectivity index (χ2n) is 4.76.